The number of rotatable bonds is 0. The Morgan fingerprint density at radius 3 is 3.00 bits per heavy atom. The van der Waals surface area contributed by atoms with Gasteiger partial charge in [0.2, 0.25) is 0 Å². The van der Waals surface area contributed by atoms with Gasteiger partial charge in [-0.05, 0) is 12.1 Å². The van der Waals surface area contributed by atoms with Crippen LogP contribution in [0, 0.1) is 5.82 Å². The molecular weight excluding hydrogens is 209 g/mol. The highest BCUT2D eigenvalue weighted by Gasteiger charge is 2.28. The van der Waals surface area contributed by atoms with Crippen molar-refractivity contribution in [2.75, 3.05) is 6.61 Å². The number of nitrogens with two attached hydrogens (primary N) is 1. The monoisotopic (exact) mass is 217 g/mol. The minimum Gasteiger partial charge on any atom is -0.489 e. The number of hydrogen-bond acceptors (Lipinski definition) is 3. The summed E-state index contributed by atoms with van der Waals surface area (Å²) in [6.45, 7) is 0.0829. The van der Waals surface area contributed by atoms with Gasteiger partial charge in [0.25, 0.3) is 0 Å². The van der Waals surface area contributed by atoms with Crippen LogP contribution in [0.2, 0.25) is 5.02 Å². The lowest BCUT2D eigenvalue weighted by Gasteiger charge is -2.28. The second kappa shape index (κ2) is 3.38. The summed E-state index contributed by atoms with van der Waals surface area (Å²) in [6.07, 6.45) is -0.819. The van der Waals surface area contributed by atoms with Crippen molar-refractivity contribution in [3.8, 4) is 5.75 Å². The number of fused-ring (bicyclic) bond motifs is 1. The molecule has 76 valence electrons. The molecule has 3 N–H and O–H groups in total. The molecule has 0 aliphatic carbocycles. The zero-order valence-electron chi connectivity index (χ0n) is 7.21. The van der Waals surface area contributed by atoms with Crippen LogP contribution in [0.25, 0.3) is 0 Å². The minimum absolute atomic E-state index is 0.0829. The molecule has 3 nitrogen and oxygen atoms in total. The van der Waals surface area contributed by atoms with Crippen molar-refractivity contribution in [1.29, 1.82) is 0 Å². The molecule has 14 heavy (non-hydrogen) atoms. The molecule has 1 aliphatic heterocycles. The maximum Gasteiger partial charge on any atom is 0.143 e. The molecule has 5 heteroatoms. The van der Waals surface area contributed by atoms with Gasteiger partial charge in [0.1, 0.15) is 24.3 Å². The zero-order valence-corrected chi connectivity index (χ0v) is 7.96. The fraction of sp³-hybridized carbons (Fsp3) is 0.333. The Labute approximate surface area is 85.2 Å². The smallest absolute Gasteiger partial charge is 0.143 e. The molecule has 0 unspecified atom stereocenters. The van der Waals surface area contributed by atoms with E-state index in [1.807, 2.05) is 0 Å². The Balaban J connectivity index is 2.54. The van der Waals surface area contributed by atoms with Gasteiger partial charge in [-0.2, -0.15) is 0 Å². The molecule has 2 atom stereocenters. The maximum atomic E-state index is 13.0. The van der Waals surface area contributed by atoms with E-state index in [2.05, 4.69) is 0 Å². The molecule has 0 saturated carbocycles. The van der Waals surface area contributed by atoms with Crippen LogP contribution in [-0.2, 0) is 0 Å². The Kier molecular flexibility index (Phi) is 2.34. The third kappa shape index (κ3) is 1.45. The highest BCUT2D eigenvalue weighted by atomic mass is 35.5. The first kappa shape index (κ1) is 9.71. The first-order valence-corrected chi connectivity index (χ1v) is 4.53. The zero-order chi connectivity index (χ0) is 10.3. The van der Waals surface area contributed by atoms with E-state index in [4.69, 9.17) is 22.1 Å². The van der Waals surface area contributed by atoms with Gasteiger partial charge in [0.15, 0.2) is 0 Å². The standard InChI is InChI=1S/C9H9ClFNO2/c10-6-2-4(11)1-5-8(12)7(13)3-14-9(5)6/h1-2,7-8,13H,3,12H2/t7-,8+/m1/s1. The van der Waals surface area contributed by atoms with E-state index in [0.29, 0.717) is 11.3 Å². The summed E-state index contributed by atoms with van der Waals surface area (Å²) in [5.74, 6) is -0.118. The maximum absolute atomic E-state index is 13.0. The number of ether oxygens (including phenoxy) is 1. The number of aliphatic hydroxyl groups excluding tert-OH is 1. The Hall–Kier alpha value is -0.840. The van der Waals surface area contributed by atoms with Crippen LogP contribution in [0.15, 0.2) is 12.1 Å². The molecule has 0 fully saturated rings. The molecule has 1 aliphatic rings. The predicted molar refractivity (Wildman–Crippen MR) is 49.8 cm³/mol. The molecule has 1 heterocycles. The summed E-state index contributed by atoms with van der Waals surface area (Å²) >= 11 is 5.76. The van der Waals surface area contributed by atoms with E-state index in [1.54, 1.807) is 0 Å². The molecule has 0 amide bonds. The third-order valence-electron chi connectivity index (χ3n) is 2.21. The van der Waals surface area contributed by atoms with E-state index in [1.165, 1.54) is 6.07 Å². The SMILES string of the molecule is N[C@H]1c2cc(F)cc(Cl)c2OC[C@H]1O. The van der Waals surface area contributed by atoms with Crippen LogP contribution < -0.4 is 10.5 Å². The Morgan fingerprint density at radius 1 is 1.57 bits per heavy atom. The minimum atomic E-state index is -0.819. The number of aliphatic hydroxyl groups is 1. The summed E-state index contributed by atoms with van der Waals surface area (Å²) < 4.78 is 18.1. The van der Waals surface area contributed by atoms with Crippen molar-refractivity contribution >= 4 is 11.6 Å². The summed E-state index contributed by atoms with van der Waals surface area (Å²) in [6, 6.07) is 1.74. The summed E-state index contributed by atoms with van der Waals surface area (Å²) in [5, 5.41) is 9.57. The average molecular weight is 218 g/mol. The third-order valence-corrected chi connectivity index (χ3v) is 2.49. The van der Waals surface area contributed by atoms with E-state index in [0.717, 1.165) is 6.07 Å². The van der Waals surface area contributed by atoms with E-state index < -0.39 is 18.0 Å². The fourth-order valence-electron chi connectivity index (χ4n) is 1.46. The van der Waals surface area contributed by atoms with Gasteiger partial charge in [-0.25, -0.2) is 4.39 Å². The molecule has 0 saturated heterocycles. The van der Waals surface area contributed by atoms with Gasteiger partial charge < -0.3 is 15.6 Å². The van der Waals surface area contributed by atoms with Crippen molar-refractivity contribution in [3.05, 3.63) is 28.5 Å². The molecule has 0 aromatic heterocycles. The summed E-state index contributed by atoms with van der Waals surface area (Å²) in [5.41, 5.74) is 6.08. The van der Waals surface area contributed by atoms with Crippen LogP contribution in [0.5, 0.6) is 5.75 Å². The van der Waals surface area contributed by atoms with Gasteiger partial charge in [-0.1, -0.05) is 11.6 Å². The van der Waals surface area contributed by atoms with Crippen LogP contribution in [0.4, 0.5) is 4.39 Å². The van der Waals surface area contributed by atoms with Crippen LogP contribution in [0.3, 0.4) is 0 Å². The van der Waals surface area contributed by atoms with Gasteiger partial charge in [-0.3, -0.25) is 0 Å². The Morgan fingerprint density at radius 2 is 2.29 bits per heavy atom. The van der Waals surface area contributed by atoms with Crippen molar-refractivity contribution in [2.45, 2.75) is 12.1 Å². The number of benzene rings is 1. The molecule has 2 rings (SSSR count). The normalized spacial score (nSPS) is 25.4. The largest absolute Gasteiger partial charge is 0.489 e. The lowest BCUT2D eigenvalue weighted by Crippen LogP contribution is -2.35. The van der Waals surface area contributed by atoms with Crippen LogP contribution >= 0.6 is 11.6 Å². The quantitative estimate of drug-likeness (QED) is 0.687. The van der Waals surface area contributed by atoms with E-state index in [9.17, 15) is 9.50 Å². The second-order valence-corrected chi connectivity index (χ2v) is 3.62. The van der Waals surface area contributed by atoms with Crippen molar-refractivity contribution in [3.63, 3.8) is 0 Å². The average Bonchev–Trinajstić information content (AvgIpc) is 2.12. The van der Waals surface area contributed by atoms with E-state index >= 15 is 0 Å². The van der Waals surface area contributed by atoms with Crippen molar-refractivity contribution < 1.29 is 14.2 Å². The molecule has 0 radical (unpaired) electrons. The van der Waals surface area contributed by atoms with Crippen LogP contribution in [0.1, 0.15) is 11.6 Å². The first-order valence-electron chi connectivity index (χ1n) is 4.15. The van der Waals surface area contributed by atoms with Crippen molar-refractivity contribution in [2.24, 2.45) is 5.73 Å². The number of hydrogen-bond donors (Lipinski definition) is 2. The highest BCUT2D eigenvalue weighted by Crippen LogP contribution is 2.37. The topological polar surface area (TPSA) is 55.5 Å². The van der Waals surface area contributed by atoms with Crippen molar-refractivity contribution in [1.82, 2.24) is 0 Å². The predicted octanol–water partition coefficient (Wildman–Crippen LogP) is 1.23. The molecular formula is C9H9ClFNO2. The van der Waals surface area contributed by atoms with Crippen LogP contribution in [-0.4, -0.2) is 17.8 Å². The second-order valence-electron chi connectivity index (χ2n) is 3.21. The molecule has 1 aromatic carbocycles. The molecule has 0 bridgehead atoms. The lowest BCUT2D eigenvalue weighted by atomic mass is 9.99. The summed E-state index contributed by atoms with van der Waals surface area (Å²) in [7, 11) is 0. The molecule has 0 spiro atoms. The van der Waals surface area contributed by atoms with Gasteiger partial charge in [0.05, 0.1) is 11.1 Å². The fourth-order valence-corrected chi connectivity index (χ4v) is 1.73. The highest BCUT2D eigenvalue weighted by molar-refractivity contribution is 6.32. The molecule has 1 aromatic rings. The van der Waals surface area contributed by atoms with Gasteiger partial charge in [-0.15, -0.1) is 0 Å². The Bertz CT molecular complexity index is 372. The summed E-state index contributed by atoms with van der Waals surface area (Å²) in [4.78, 5) is 0. The number of halogens is 2. The van der Waals surface area contributed by atoms with Gasteiger partial charge >= 0.3 is 0 Å². The van der Waals surface area contributed by atoms with E-state index in [-0.39, 0.29) is 11.6 Å². The first-order chi connectivity index (χ1) is 6.59. The lowest BCUT2D eigenvalue weighted by molar-refractivity contribution is 0.0677. The van der Waals surface area contributed by atoms with Gasteiger partial charge in [0, 0.05) is 5.56 Å².